The van der Waals surface area contributed by atoms with Crippen molar-refractivity contribution in [2.24, 2.45) is 0 Å². The van der Waals surface area contributed by atoms with Gasteiger partial charge in [-0.05, 0) is 43.4 Å². The van der Waals surface area contributed by atoms with Crippen molar-refractivity contribution in [3.63, 3.8) is 0 Å². The number of nitrogens with one attached hydrogen (secondary N) is 1. The number of rotatable bonds is 7. The molecule has 2 aromatic rings. The standard InChI is InChI=1S/C17H19NO2S2/c1-3-21-16-7-5-4-6-14(16)17(20)18-11-10-13-8-9-15(22-13)12(2)19/h4-9H,3,10-11H2,1-2H3,(H,18,20). The molecule has 1 amide bonds. The second-order valence-corrected chi connectivity index (χ2v) is 7.23. The van der Waals surface area contributed by atoms with Crippen molar-refractivity contribution in [1.82, 2.24) is 5.32 Å². The summed E-state index contributed by atoms with van der Waals surface area (Å²) >= 11 is 3.17. The molecule has 0 saturated carbocycles. The minimum Gasteiger partial charge on any atom is -0.352 e. The van der Waals surface area contributed by atoms with E-state index in [9.17, 15) is 9.59 Å². The van der Waals surface area contributed by atoms with Crippen LogP contribution in [0.5, 0.6) is 0 Å². The van der Waals surface area contributed by atoms with Gasteiger partial charge in [-0.25, -0.2) is 0 Å². The van der Waals surface area contributed by atoms with Crippen LogP contribution < -0.4 is 5.32 Å². The smallest absolute Gasteiger partial charge is 0.252 e. The molecular weight excluding hydrogens is 314 g/mol. The lowest BCUT2D eigenvalue weighted by Crippen LogP contribution is -2.26. The van der Waals surface area contributed by atoms with E-state index in [1.165, 1.54) is 11.3 Å². The molecule has 22 heavy (non-hydrogen) atoms. The maximum Gasteiger partial charge on any atom is 0.252 e. The molecule has 0 aliphatic carbocycles. The second-order valence-electron chi connectivity index (χ2n) is 4.76. The SMILES string of the molecule is CCSc1ccccc1C(=O)NCCc1ccc(C(C)=O)s1. The highest BCUT2D eigenvalue weighted by Crippen LogP contribution is 2.22. The van der Waals surface area contributed by atoms with E-state index in [0.29, 0.717) is 6.54 Å². The molecule has 116 valence electrons. The molecular formula is C17H19NO2S2. The number of thiophene rings is 1. The summed E-state index contributed by atoms with van der Waals surface area (Å²) in [6.45, 7) is 4.21. The Kier molecular flexibility index (Phi) is 6.21. The van der Waals surface area contributed by atoms with E-state index in [-0.39, 0.29) is 11.7 Å². The zero-order chi connectivity index (χ0) is 15.9. The summed E-state index contributed by atoms with van der Waals surface area (Å²) in [4.78, 5) is 26.4. The van der Waals surface area contributed by atoms with E-state index in [0.717, 1.165) is 32.4 Å². The van der Waals surface area contributed by atoms with Crippen LogP contribution in [0.1, 0.15) is 38.8 Å². The zero-order valence-corrected chi connectivity index (χ0v) is 14.4. The fraction of sp³-hybridized carbons (Fsp3) is 0.294. The molecule has 0 fully saturated rings. The number of Topliss-reactive ketones (excluding diaryl/α,β-unsaturated/α-hetero) is 1. The minimum absolute atomic E-state index is 0.0418. The fourth-order valence-corrected chi connectivity index (χ4v) is 3.74. The van der Waals surface area contributed by atoms with Gasteiger partial charge in [-0.15, -0.1) is 23.1 Å². The summed E-state index contributed by atoms with van der Waals surface area (Å²) in [6, 6.07) is 11.5. The molecule has 1 aromatic heterocycles. The Bertz CT molecular complexity index is 664. The minimum atomic E-state index is -0.0418. The Morgan fingerprint density at radius 1 is 1.18 bits per heavy atom. The van der Waals surface area contributed by atoms with Gasteiger partial charge in [0.05, 0.1) is 10.4 Å². The van der Waals surface area contributed by atoms with E-state index in [1.54, 1.807) is 18.7 Å². The molecule has 0 saturated heterocycles. The van der Waals surface area contributed by atoms with Crippen LogP contribution in [0.4, 0.5) is 0 Å². The van der Waals surface area contributed by atoms with Gasteiger partial charge in [-0.3, -0.25) is 9.59 Å². The number of thioether (sulfide) groups is 1. The van der Waals surface area contributed by atoms with Gasteiger partial charge in [0.15, 0.2) is 5.78 Å². The molecule has 0 atom stereocenters. The van der Waals surface area contributed by atoms with Gasteiger partial charge in [-0.2, -0.15) is 0 Å². The molecule has 1 heterocycles. The quantitative estimate of drug-likeness (QED) is 0.614. The number of hydrogen-bond acceptors (Lipinski definition) is 4. The number of carbonyl (C=O) groups excluding carboxylic acids is 2. The topological polar surface area (TPSA) is 46.2 Å². The molecule has 1 aromatic carbocycles. The molecule has 0 aliphatic heterocycles. The van der Waals surface area contributed by atoms with Crippen molar-refractivity contribution in [2.45, 2.75) is 25.2 Å². The Hall–Kier alpha value is -1.59. The Balaban J connectivity index is 1.91. The van der Waals surface area contributed by atoms with Crippen molar-refractivity contribution in [3.8, 4) is 0 Å². The summed E-state index contributed by atoms with van der Waals surface area (Å²) in [6.07, 6.45) is 0.743. The van der Waals surface area contributed by atoms with Crippen LogP contribution in [0, 0.1) is 0 Å². The van der Waals surface area contributed by atoms with E-state index >= 15 is 0 Å². The Labute approximate surface area is 139 Å². The van der Waals surface area contributed by atoms with Crippen LogP contribution in [0.15, 0.2) is 41.3 Å². The third kappa shape index (κ3) is 4.45. The van der Waals surface area contributed by atoms with Crippen LogP contribution in [-0.2, 0) is 6.42 Å². The van der Waals surface area contributed by atoms with Gasteiger partial charge in [0.2, 0.25) is 0 Å². The maximum absolute atomic E-state index is 12.3. The molecule has 1 N–H and O–H groups in total. The third-order valence-electron chi connectivity index (χ3n) is 3.10. The molecule has 2 rings (SSSR count). The number of benzene rings is 1. The van der Waals surface area contributed by atoms with Gasteiger partial charge in [0.25, 0.3) is 5.91 Å². The number of hydrogen-bond donors (Lipinski definition) is 1. The second kappa shape index (κ2) is 8.15. The first-order valence-electron chi connectivity index (χ1n) is 7.21. The average molecular weight is 333 g/mol. The first-order valence-corrected chi connectivity index (χ1v) is 9.01. The van der Waals surface area contributed by atoms with Gasteiger partial charge in [-0.1, -0.05) is 19.1 Å². The van der Waals surface area contributed by atoms with Gasteiger partial charge >= 0.3 is 0 Å². The maximum atomic E-state index is 12.3. The molecule has 0 unspecified atom stereocenters. The van der Waals surface area contributed by atoms with Crippen molar-refractivity contribution < 1.29 is 9.59 Å². The van der Waals surface area contributed by atoms with E-state index in [4.69, 9.17) is 0 Å². The first-order chi connectivity index (χ1) is 10.6. The van der Waals surface area contributed by atoms with Crippen LogP contribution in [0.3, 0.4) is 0 Å². The molecule has 0 radical (unpaired) electrons. The van der Waals surface area contributed by atoms with Crippen molar-refractivity contribution in [2.75, 3.05) is 12.3 Å². The van der Waals surface area contributed by atoms with Crippen molar-refractivity contribution >= 4 is 34.8 Å². The predicted octanol–water partition coefficient (Wildman–Crippen LogP) is 4.04. The predicted molar refractivity (Wildman–Crippen MR) is 93.2 cm³/mol. The first kappa shape index (κ1) is 16.8. The zero-order valence-electron chi connectivity index (χ0n) is 12.7. The summed E-state index contributed by atoms with van der Waals surface area (Å²) in [5.74, 6) is 0.985. The molecule has 5 heteroatoms. The van der Waals surface area contributed by atoms with Crippen LogP contribution in [0.2, 0.25) is 0 Å². The summed E-state index contributed by atoms with van der Waals surface area (Å²) < 4.78 is 0. The normalized spacial score (nSPS) is 10.5. The fourth-order valence-electron chi connectivity index (χ4n) is 2.03. The van der Waals surface area contributed by atoms with Crippen LogP contribution in [0.25, 0.3) is 0 Å². The van der Waals surface area contributed by atoms with Gasteiger partial charge in [0, 0.05) is 16.3 Å². The lowest BCUT2D eigenvalue weighted by Gasteiger charge is -2.08. The highest BCUT2D eigenvalue weighted by Gasteiger charge is 2.10. The Morgan fingerprint density at radius 2 is 1.95 bits per heavy atom. The summed E-state index contributed by atoms with van der Waals surface area (Å²) in [5, 5.41) is 2.95. The average Bonchev–Trinajstić information content (AvgIpc) is 2.97. The van der Waals surface area contributed by atoms with Crippen LogP contribution in [-0.4, -0.2) is 24.0 Å². The van der Waals surface area contributed by atoms with Crippen LogP contribution >= 0.6 is 23.1 Å². The monoisotopic (exact) mass is 333 g/mol. The summed E-state index contributed by atoms with van der Waals surface area (Å²) in [7, 11) is 0. The highest BCUT2D eigenvalue weighted by molar-refractivity contribution is 7.99. The molecule has 0 spiro atoms. The van der Waals surface area contributed by atoms with Crippen molar-refractivity contribution in [3.05, 3.63) is 51.7 Å². The third-order valence-corrected chi connectivity index (χ3v) is 5.30. The Morgan fingerprint density at radius 3 is 2.64 bits per heavy atom. The van der Waals surface area contributed by atoms with E-state index in [1.807, 2.05) is 36.4 Å². The lowest BCUT2D eigenvalue weighted by molar-refractivity contribution is 0.0950. The number of ketones is 1. The highest BCUT2D eigenvalue weighted by atomic mass is 32.2. The van der Waals surface area contributed by atoms with E-state index < -0.39 is 0 Å². The van der Waals surface area contributed by atoms with Gasteiger partial charge < -0.3 is 5.32 Å². The summed E-state index contributed by atoms with van der Waals surface area (Å²) in [5.41, 5.74) is 0.727. The van der Waals surface area contributed by atoms with Crippen molar-refractivity contribution in [1.29, 1.82) is 0 Å². The van der Waals surface area contributed by atoms with Gasteiger partial charge in [0.1, 0.15) is 0 Å². The molecule has 0 aliphatic rings. The molecule has 0 bridgehead atoms. The lowest BCUT2D eigenvalue weighted by atomic mass is 10.2. The molecule has 3 nitrogen and oxygen atoms in total. The number of carbonyl (C=O) groups is 2. The largest absolute Gasteiger partial charge is 0.352 e. The van der Waals surface area contributed by atoms with E-state index in [2.05, 4.69) is 12.2 Å². The number of amides is 1.